The molecule has 0 aliphatic carbocycles. The lowest BCUT2D eigenvalue weighted by Crippen LogP contribution is -2.19. The molecule has 0 unspecified atom stereocenters. The van der Waals surface area contributed by atoms with Crippen LogP contribution in [0.1, 0.15) is 39.9 Å². The number of carbonyl (C=O) groups excluding carboxylic acids is 1. The highest BCUT2D eigenvalue weighted by Crippen LogP contribution is 2.27. The van der Waals surface area contributed by atoms with Gasteiger partial charge in [-0.15, -0.1) is 0 Å². The predicted molar refractivity (Wildman–Crippen MR) is 110 cm³/mol. The lowest BCUT2D eigenvalue weighted by molar-refractivity contribution is 0.102. The molecule has 9 heteroatoms. The van der Waals surface area contributed by atoms with Gasteiger partial charge in [-0.3, -0.25) is 4.79 Å². The van der Waals surface area contributed by atoms with Crippen molar-refractivity contribution in [2.24, 2.45) is 0 Å². The Balaban J connectivity index is 1.54. The van der Waals surface area contributed by atoms with Crippen molar-refractivity contribution in [1.82, 2.24) is 19.6 Å². The zero-order valence-corrected chi connectivity index (χ0v) is 17.4. The van der Waals surface area contributed by atoms with E-state index < -0.39 is 9.84 Å². The Morgan fingerprint density at radius 1 is 1.07 bits per heavy atom. The van der Waals surface area contributed by atoms with Crippen LogP contribution in [0.3, 0.4) is 0 Å². The summed E-state index contributed by atoms with van der Waals surface area (Å²) >= 11 is 0. The van der Waals surface area contributed by atoms with Crippen molar-refractivity contribution in [3.05, 3.63) is 59.0 Å². The minimum absolute atomic E-state index is 0.0499. The number of nitrogens with zero attached hydrogens (tertiary/aromatic N) is 4. The molecule has 1 N–H and O–H groups in total. The highest BCUT2D eigenvalue weighted by molar-refractivity contribution is 7.91. The second-order valence-corrected chi connectivity index (χ2v) is 9.74. The number of rotatable bonds is 4. The van der Waals surface area contributed by atoms with Gasteiger partial charge in [-0.2, -0.15) is 10.2 Å². The van der Waals surface area contributed by atoms with Crippen LogP contribution < -0.4 is 5.32 Å². The number of hydrogen-bond donors (Lipinski definition) is 1. The first-order chi connectivity index (χ1) is 13.7. The molecular formula is C20H23N5O3S. The smallest absolute Gasteiger partial charge is 0.256 e. The Hall–Kier alpha value is -2.94. The van der Waals surface area contributed by atoms with E-state index in [1.54, 1.807) is 22.9 Å². The monoisotopic (exact) mass is 413 g/mol. The van der Waals surface area contributed by atoms with Crippen molar-refractivity contribution in [3.63, 3.8) is 0 Å². The Kier molecular flexibility index (Phi) is 4.77. The van der Waals surface area contributed by atoms with E-state index in [0.717, 1.165) is 22.8 Å². The first-order valence-electron chi connectivity index (χ1n) is 9.43. The van der Waals surface area contributed by atoms with Crippen LogP contribution in [0.5, 0.6) is 0 Å². The van der Waals surface area contributed by atoms with Gasteiger partial charge in [0.05, 0.1) is 34.6 Å². The Morgan fingerprint density at radius 3 is 2.34 bits per heavy atom. The number of benzene rings is 1. The maximum Gasteiger partial charge on any atom is 0.256 e. The summed E-state index contributed by atoms with van der Waals surface area (Å²) < 4.78 is 27.1. The van der Waals surface area contributed by atoms with Crippen LogP contribution in [0.2, 0.25) is 0 Å². The minimum Gasteiger partial charge on any atom is -0.307 e. The second kappa shape index (κ2) is 7.14. The van der Waals surface area contributed by atoms with Crippen LogP contribution in [-0.4, -0.2) is 45.4 Å². The number of aryl methyl sites for hydroxylation is 3. The van der Waals surface area contributed by atoms with Crippen LogP contribution >= 0.6 is 0 Å². The van der Waals surface area contributed by atoms with Crippen LogP contribution in [0.25, 0.3) is 5.69 Å². The average molecular weight is 414 g/mol. The number of sulfone groups is 1. The first-order valence-corrected chi connectivity index (χ1v) is 11.3. The van der Waals surface area contributed by atoms with E-state index in [0.29, 0.717) is 17.8 Å². The summed E-state index contributed by atoms with van der Waals surface area (Å²) in [4.78, 5) is 12.7. The van der Waals surface area contributed by atoms with Gasteiger partial charge in [0.1, 0.15) is 5.82 Å². The van der Waals surface area contributed by atoms with Crippen LogP contribution in [0.15, 0.2) is 36.4 Å². The van der Waals surface area contributed by atoms with Crippen LogP contribution in [0.4, 0.5) is 5.82 Å². The quantitative estimate of drug-likeness (QED) is 0.709. The van der Waals surface area contributed by atoms with Crippen LogP contribution in [0, 0.1) is 20.8 Å². The van der Waals surface area contributed by atoms with Crippen molar-refractivity contribution in [2.75, 3.05) is 16.8 Å². The zero-order valence-electron chi connectivity index (χ0n) is 16.6. The molecule has 3 heterocycles. The number of aromatic nitrogens is 4. The molecule has 8 nitrogen and oxygen atoms in total. The summed E-state index contributed by atoms with van der Waals surface area (Å²) in [6.07, 6.45) is 0.504. The Bertz CT molecular complexity index is 1180. The molecule has 0 saturated carbocycles. The van der Waals surface area contributed by atoms with Gasteiger partial charge in [0, 0.05) is 17.3 Å². The highest BCUT2D eigenvalue weighted by Gasteiger charge is 2.31. The summed E-state index contributed by atoms with van der Waals surface area (Å²) in [5, 5.41) is 11.7. The summed E-state index contributed by atoms with van der Waals surface area (Å²) in [6, 6.07) is 10.7. The van der Waals surface area contributed by atoms with Crippen LogP contribution in [-0.2, 0) is 9.84 Å². The SMILES string of the molecule is Cc1cc(C)n(-c2ccc(C(=O)Nc3cc(C)nn3[C@H]3CCS(=O)(=O)C3)cc2)n1. The van der Waals surface area contributed by atoms with E-state index in [1.165, 1.54) is 0 Å². The number of carbonyl (C=O) groups is 1. The summed E-state index contributed by atoms with van der Waals surface area (Å²) in [5.41, 5.74) is 4.06. The number of nitrogens with one attached hydrogen (secondary N) is 1. The molecule has 4 rings (SSSR count). The summed E-state index contributed by atoms with van der Waals surface area (Å²) in [6.45, 7) is 5.73. The third-order valence-corrected chi connectivity index (χ3v) is 6.79. The van der Waals surface area contributed by atoms with Gasteiger partial charge in [0.2, 0.25) is 0 Å². The molecule has 0 radical (unpaired) electrons. The summed E-state index contributed by atoms with van der Waals surface area (Å²) in [7, 11) is -3.05. The fourth-order valence-electron chi connectivity index (χ4n) is 3.69. The van der Waals surface area contributed by atoms with E-state index in [2.05, 4.69) is 15.5 Å². The molecule has 1 fully saturated rings. The van der Waals surface area contributed by atoms with Gasteiger partial charge in [-0.25, -0.2) is 17.8 Å². The second-order valence-electron chi connectivity index (χ2n) is 7.51. The maximum atomic E-state index is 12.7. The molecule has 29 heavy (non-hydrogen) atoms. The van der Waals surface area contributed by atoms with Gasteiger partial charge < -0.3 is 5.32 Å². The van der Waals surface area contributed by atoms with Gasteiger partial charge >= 0.3 is 0 Å². The largest absolute Gasteiger partial charge is 0.307 e. The molecule has 1 amide bonds. The average Bonchev–Trinajstić information content (AvgIpc) is 3.31. The predicted octanol–water partition coefficient (Wildman–Crippen LogP) is 2.61. The normalized spacial score (nSPS) is 18.1. The van der Waals surface area contributed by atoms with E-state index in [9.17, 15) is 13.2 Å². The van der Waals surface area contributed by atoms with Gasteiger partial charge in [0.25, 0.3) is 5.91 Å². The standard InChI is InChI=1S/C20H23N5O3S/c1-13-10-15(3)24(22-13)17-6-4-16(5-7-17)20(26)21-19-11-14(2)23-25(19)18-8-9-29(27,28)12-18/h4-7,10-11,18H,8-9,12H2,1-3H3,(H,21,26)/t18-/m0/s1. The van der Waals surface area contributed by atoms with Gasteiger partial charge in [-0.05, 0) is 57.5 Å². The van der Waals surface area contributed by atoms with Crippen molar-refractivity contribution >= 4 is 21.6 Å². The molecule has 1 atom stereocenters. The molecule has 1 saturated heterocycles. The van der Waals surface area contributed by atoms with Crippen molar-refractivity contribution in [2.45, 2.75) is 33.2 Å². The Morgan fingerprint density at radius 2 is 1.76 bits per heavy atom. The molecular weight excluding hydrogens is 390 g/mol. The maximum absolute atomic E-state index is 12.7. The molecule has 0 bridgehead atoms. The van der Waals surface area contributed by atoms with Crippen molar-refractivity contribution < 1.29 is 13.2 Å². The molecule has 152 valence electrons. The highest BCUT2D eigenvalue weighted by atomic mass is 32.2. The lowest BCUT2D eigenvalue weighted by atomic mass is 10.2. The number of amides is 1. The minimum atomic E-state index is -3.05. The molecule has 1 aliphatic rings. The van der Waals surface area contributed by atoms with Gasteiger partial charge in [-0.1, -0.05) is 0 Å². The van der Waals surface area contributed by atoms with E-state index in [-0.39, 0.29) is 23.5 Å². The summed E-state index contributed by atoms with van der Waals surface area (Å²) in [5.74, 6) is 0.440. The third-order valence-electron chi connectivity index (χ3n) is 5.04. The molecule has 1 aromatic carbocycles. The van der Waals surface area contributed by atoms with Crippen molar-refractivity contribution in [1.29, 1.82) is 0 Å². The lowest BCUT2D eigenvalue weighted by Gasteiger charge is -2.14. The third kappa shape index (κ3) is 3.95. The van der Waals surface area contributed by atoms with Gasteiger partial charge in [0.15, 0.2) is 9.84 Å². The van der Waals surface area contributed by atoms with E-state index in [4.69, 9.17) is 0 Å². The fraction of sp³-hybridized carbons (Fsp3) is 0.350. The Labute approximate surface area is 169 Å². The van der Waals surface area contributed by atoms with E-state index >= 15 is 0 Å². The topological polar surface area (TPSA) is 98.9 Å². The molecule has 2 aromatic heterocycles. The van der Waals surface area contributed by atoms with E-state index in [1.807, 2.05) is 43.7 Å². The zero-order chi connectivity index (χ0) is 20.8. The molecule has 3 aromatic rings. The number of hydrogen-bond acceptors (Lipinski definition) is 5. The molecule has 1 aliphatic heterocycles. The molecule has 0 spiro atoms. The fourth-order valence-corrected chi connectivity index (χ4v) is 5.38. The first kappa shape index (κ1) is 19.4. The number of anilines is 1. The van der Waals surface area contributed by atoms with Crippen molar-refractivity contribution in [3.8, 4) is 5.69 Å².